The quantitative estimate of drug-likeness (QED) is 0.0211. The van der Waals surface area contributed by atoms with E-state index in [0.717, 1.165) is 77.0 Å². The van der Waals surface area contributed by atoms with Gasteiger partial charge < -0.3 is 18.9 Å². The molecule has 9 nitrogen and oxygen atoms in total. The van der Waals surface area contributed by atoms with Gasteiger partial charge in [0.05, 0.1) is 27.7 Å². The minimum absolute atomic E-state index is 0.0284. The van der Waals surface area contributed by atoms with Crippen molar-refractivity contribution in [3.05, 3.63) is 72.9 Å². The summed E-state index contributed by atoms with van der Waals surface area (Å²) in [7, 11) is 1.47. The second-order valence-electron chi connectivity index (χ2n) is 22.4. The van der Waals surface area contributed by atoms with Crippen LogP contribution in [-0.2, 0) is 32.7 Å². The highest BCUT2D eigenvalue weighted by Crippen LogP contribution is 2.43. The normalized spacial score (nSPS) is 13.7. The third kappa shape index (κ3) is 60.7. The fourth-order valence-corrected chi connectivity index (χ4v) is 9.60. The summed E-state index contributed by atoms with van der Waals surface area (Å²) in [6.07, 6.45) is 75.6. The third-order valence-corrected chi connectivity index (χ3v) is 14.7. The number of ether oxygens (including phenoxy) is 2. The van der Waals surface area contributed by atoms with E-state index in [1.165, 1.54) is 173 Å². The van der Waals surface area contributed by atoms with Crippen LogP contribution in [0.4, 0.5) is 0 Å². The van der Waals surface area contributed by atoms with Crippen LogP contribution in [0.1, 0.15) is 284 Å². The Morgan fingerprint density at radius 1 is 0.421 bits per heavy atom. The van der Waals surface area contributed by atoms with E-state index in [1.807, 2.05) is 21.1 Å². The second-order valence-corrected chi connectivity index (χ2v) is 23.9. The van der Waals surface area contributed by atoms with Crippen LogP contribution in [0.2, 0.25) is 0 Å². The van der Waals surface area contributed by atoms with Gasteiger partial charge in [0.15, 0.2) is 6.10 Å². The van der Waals surface area contributed by atoms with Crippen molar-refractivity contribution < 1.29 is 42.1 Å². The summed E-state index contributed by atoms with van der Waals surface area (Å²) in [5.74, 6) is -0.799. The Labute approximate surface area is 469 Å². The molecule has 0 fully saturated rings. The number of nitrogens with zero attached hydrogens (tertiary/aromatic N) is 1. The van der Waals surface area contributed by atoms with Crippen LogP contribution in [0, 0.1) is 0 Å². The highest BCUT2D eigenvalue weighted by Gasteiger charge is 2.27. The lowest BCUT2D eigenvalue weighted by Gasteiger charge is -2.24. The van der Waals surface area contributed by atoms with Gasteiger partial charge in [0, 0.05) is 12.8 Å². The standard InChI is InChI=1S/C66H120NO8P/c1-6-8-10-12-14-16-18-20-22-24-26-28-29-30-31-32-33-34-35-36-37-39-40-42-44-46-48-50-52-54-56-58-65(68)72-62-64(63-74-76(70,71)73-61-60-67(3,4)5)75-66(69)59-57-55-53-51-49-47-45-43-41-38-27-25-23-21-19-17-15-13-11-9-7-2/h9,11,15,17-18,20-21,23-24,26-27,38,64H,6-8,10,12-14,16,19,22,25,28-37,39-63H2,1-5H3/p+1/b11-9-,17-15-,20-18-,23-21-,26-24-,38-27-. The molecule has 0 heterocycles. The molecular weight excluding hydrogens is 966 g/mol. The number of carbonyl (C=O) groups excluding carboxylic acids is 2. The molecule has 0 radical (unpaired) electrons. The number of hydrogen-bond acceptors (Lipinski definition) is 7. The molecule has 2 atom stereocenters. The number of unbranched alkanes of at least 4 members (excludes halogenated alkanes) is 32. The van der Waals surface area contributed by atoms with E-state index in [2.05, 4.69) is 86.8 Å². The van der Waals surface area contributed by atoms with Gasteiger partial charge in [-0.15, -0.1) is 0 Å². The monoisotopic (exact) mass is 1090 g/mol. The molecule has 0 aliphatic carbocycles. The van der Waals surface area contributed by atoms with E-state index in [0.29, 0.717) is 17.4 Å². The lowest BCUT2D eigenvalue weighted by Crippen LogP contribution is -2.37. The molecule has 0 bridgehead atoms. The van der Waals surface area contributed by atoms with E-state index in [4.69, 9.17) is 18.5 Å². The van der Waals surface area contributed by atoms with Gasteiger partial charge in [0.1, 0.15) is 19.8 Å². The molecule has 0 aromatic heterocycles. The molecule has 0 saturated heterocycles. The van der Waals surface area contributed by atoms with Gasteiger partial charge in [-0.1, -0.05) is 260 Å². The SMILES string of the molecule is CC/C=C\C/C=C\C/C=C\C/C=C\CCCCCCCCCCC(=O)OC(COC(=O)CCCCCCCCCCCCCCCCCCCCC/C=C\C/C=C\CCCCCCC)COP(=O)(O)OCC[N+](C)(C)C. The first kappa shape index (κ1) is 73.5. The Morgan fingerprint density at radius 3 is 1.12 bits per heavy atom. The average Bonchev–Trinajstić information content (AvgIpc) is 3.38. The van der Waals surface area contributed by atoms with Gasteiger partial charge in [-0.2, -0.15) is 0 Å². The lowest BCUT2D eigenvalue weighted by molar-refractivity contribution is -0.870. The molecule has 0 aliphatic rings. The maximum absolute atomic E-state index is 12.8. The predicted octanol–water partition coefficient (Wildman–Crippen LogP) is 20.0. The molecule has 0 aliphatic heterocycles. The third-order valence-electron chi connectivity index (χ3n) is 13.7. The molecule has 0 spiro atoms. The van der Waals surface area contributed by atoms with Gasteiger partial charge >= 0.3 is 19.8 Å². The summed E-state index contributed by atoms with van der Waals surface area (Å²) in [5.41, 5.74) is 0. The molecule has 0 saturated carbocycles. The summed E-state index contributed by atoms with van der Waals surface area (Å²) in [6, 6.07) is 0. The number of quaternary nitrogens is 1. The minimum Gasteiger partial charge on any atom is -0.462 e. The second kappa shape index (κ2) is 57.1. The number of phosphoric ester groups is 1. The molecular formula is C66H121NO8P+. The van der Waals surface area contributed by atoms with Gasteiger partial charge in [0.2, 0.25) is 0 Å². The number of allylic oxidation sites excluding steroid dienone is 12. The number of rotatable bonds is 58. The number of carbonyl (C=O) groups is 2. The van der Waals surface area contributed by atoms with E-state index in [-0.39, 0.29) is 32.0 Å². The van der Waals surface area contributed by atoms with Crippen LogP contribution in [0.25, 0.3) is 0 Å². The Hall–Kier alpha value is -2.55. The molecule has 442 valence electrons. The van der Waals surface area contributed by atoms with E-state index in [9.17, 15) is 19.0 Å². The summed E-state index contributed by atoms with van der Waals surface area (Å²) in [4.78, 5) is 35.8. The highest BCUT2D eigenvalue weighted by atomic mass is 31.2. The zero-order valence-electron chi connectivity index (χ0n) is 50.2. The van der Waals surface area contributed by atoms with Gasteiger partial charge in [-0.3, -0.25) is 18.6 Å². The van der Waals surface area contributed by atoms with Crippen LogP contribution in [0.3, 0.4) is 0 Å². The Morgan fingerprint density at radius 2 is 0.750 bits per heavy atom. The van der Waals surface area contributed by atoms with Crippen molar-refractivity contribution in [1.82, 2.24) is 0 Å². The Kier molecular flexibility index (Phi) is 55.2. The summed E-state index contributed by atoms with van der Waals surface area (Å²) >= 11 is 0. The number of esters is 2. The molecule has 10 heteroatoms. The molecule has 0 rings (SSSR count). The topological polar surface area (TPSA) is 108 Å². The minimum atomic E-state index is -4.39. The average molecular weight is 1090 g/mol. The zero-order valence-corrected chi connectivity index (χ0v) is 51.1. The lowest BCUT2D eigenvalue weighted by atomic mass is 10.0. The van der Waals surface area contributed by atoms with Crippen molar-refractivity contribution in [2.24, 2.45) is 0 Å². The van der Waals surface area contributed by atoms with E-state index < -0.39 is 26.5 Å². The van der Waals surface area contributed by atoms with Crippen LogP contribution in [0.15, 0.2) is 72.9 Å². The molecule has 0 amide bonds. The first-order chi connectivity index (χ1) is 37.0. The van der Waals surface area contributed by atoms with Gasteiger partial charge in [-0.25, -0.2) is 4.57 Å². The number of likely N-dealkylation sites (N-methyl/N-ethyl adjacent to an activating group) is 1. The fourth-order valence-electron chi connectivity index (χ4n) is 8.86. The number of phosphoric acid groups is 1. The van der Waals surface area contributed by atoms with Crippen LogP contribution < -0.4 is 0 Å². The highest BCUT2D eigenvalue weighted by molar-refractivity contribution is 7.47. The smallest absolute Gasteiger partial charge is 0.462 e. The largest absolute Gasteiger partial charge is 0.472 e. The van der Waals surface area contributed by atoms with E-state index >= 15 is 0 Å². The van der Waals surface area contributed by atoms with E-state index in [1.54, 1.807) is 0 Å². The summed E-state index contributed by atoms with van der Waals surface area (Å²) in [5, 5.41) is 0. The Balaban J connectivity index is 4.06. The molecule has 76 heavy (non-hydrogen) atoms. The van der Waals surface area contributed by atoms with Crippen molar-refractivity contribution in [2.75, 3.05) is 47.5 Å². The van der Waals surface area contributed by atoms with Crippen molar-refractivity contribution in [3.8, 4) is 0 Å². The first-order valence-electron chi connectivity index (χ1n) is 31.7. The summed E-state index contributed by atoms with van der Waals surface area (Å²) in [6.45, 7) is 4.33. The maximum atomic E-state index is 12.8. The molecule has 2 unspecified atom stereocenters. The Bertz CT molecular complexity index is 1510. The molecule has 1 N–H and O–H groups in total. The van der Waals surface area contributed by atoms with Crippen LogP contribution in [-0.4, -0.2) is 74.9 Å². The van der Waals surface area contributed by atoms with Crippen LogP contribution >= 0.6 is 7.82 Å². The maximum Gasteiger partial charge on any atom is 0.472 e. The van der Waals surface area contributed by atoms with Gasteiger partial charge in [-0.05, 0) is 83.5 Å². The van der Waals surface area contributed by atoms with Crippen molar-refractivity contribution in [1.29, 1.82) is 0 Å². The molecule has 0 aromatic carbocycles. The van der Waals surface area contributed by atoms with Gasteiger partial charge in [0.25, 0.3) is 0 Å². The molecule has 0 aromatic rings. The van der Waals surface area contributed by atoms with Crippen molar-refractivity contribution >= 4 is 19.8 Å². The fraction of sp³-hybridized carbons (Fsp3) is 0.788. The van der Waals surface area contributed by atoms with Crippen LogP contribution in [0.5, 0.6) is 0 Å². The zero-order chi connectivity index (χ0) is 55.6. The van der Waals surface area contributed by atoms with Crippen molar-refractivity contribution in [3.63, 3.8) is 0 Å². The summed E-state index contributed by atoms with van der Waals surface area (Å²) < 4.78 is 34.6. The predicted molar refractivity (Wildman–Crippen MR) is 326 cm³/mol. The number of hydrogen-bond donors (Lipinski definition) is 1. The van der Waals surface area contributed by atoms with Crippen molar-refractivity contribution in [2.45, 2.75) is 290 Å². The first-order valence-corrected chi connectivity index (χ1v) is 33.2.